The van der Waals surface area contributed by atoms with Gasteiger partial charge in [0, 0.05) is 6.04 Å². The van der Waals surface area contributed by atoms with E-state index in [0.717, 1.165) is 6.42 Å². The van der Waals surface area contributed by atoms with Gasteiger partial charge in [-0.15, -0.1) is 0 Å². The van der Waals surface area contributed by atoms with Crippen molar-refractivity contribution >= 4 is 0 Å². The lowest BCUT2D eigenvalue weighted by atomic mass is 9.89. The van der Waals surface area contributed by atoms with E-state index < -0.39 is 6.10 Å². The molecule has 0 aliphatic rings. The summed E-state index contributed by atoms with van der Waals surface area (Å²) in [6, 6.07) is 10.1. The summed E-state index contributed by atoms with van der Waals surface area (Å²) in [7, 11) is 0. The summed E-state index contributed by atoms with van der Waals surface area (Å²) in [5.41, 5.74) is 7.20. The summed E-state index contributed by atoms with van der Waals surface area (Å²) in [6.45, 7) is 6.22. The van der Waals surface area contributed by atoms with Gasteiger partial charge in [0.2, 0.25) is 0 Å². The van der Waals surface area contributed by atoms with E-state index in [0.29, 0.717) is 11.8 Å². The highest BCUT2D eigenvalue weighted by Gasteiger charge is 2.20. The lowest BCUT2D eigenvalue weighted by Crippen LogP contribution is -2.39. The SMILES string of the molecule is CC(CC(O)C(N)C(C)C)c1ccccc1. The predicted molar refractivity (Wildman–Crippen MR) is 68.3 cm³/mol. The van der Waals surface area contributed by atoms with Crippen molar-refractivity contribution in [1.82, 2.24) is 0 Å². The molecule has 0 aliphatic carbocycles. The van der Waals surface area contributed by atoms with E-state index in [1.54, 1.807) is 0 Å². The van der Waals surface area contributed by atoms with Crippen LogP contribution >= 0.6 is 0 Å². The van der Waals surface area contributed by atoms with E-state index in [1.807, 2.05) is 32.0 Å². The molecule has 1 rings (SSSR count). The van der Waals surface area contributed by atoms with Crippen LogP contribution in [0.3, 0.4) is 0 Å². The molecule has 16 heavy (non-hydrogen) atoms. The lowest BCUT2D eigenvalue weighted by Gasteiger charge is -2.25. The van der Waals surface area contributed by atoms with Crippen LogP contribution in [0.5, 0.6) is 0 Å². The normalized spacial score (nSPS) is 17.1. The Morgan fingerprint density at radius 2 is 1.69 bits per heavy atom. The molecule has 0 amide bonds. The molecule has 1 aromatic rings. The molecule has 2 nitrogen and oxygen atoms in total. The molecule has 0 aliphatic heterocycles. The number of aliphatic hydroxyl groups is 1. The fourth-order valence-corrected chi connectivity index (χ4v) is 1.88. The fourth-order valence-electron chi connectivity index (χ4n) is 1.88. The van der Waals surface area contributed by atoms with Crippen LogP contribution in [0.2, 0.25) is 0 Å². The number of hydrogen-bond acceptors (Lipinski definition) is 2. The van der Waals surface area contributed by atoms with Crippen LogP contribution < -0.4 is 5.73 Å². The Balaban J connectivity index is 2.55. The minimum Gasteiger partial charge on any atom is -0.391 e. The molecule has 2 heteroatoms. The molecular weight excluding hydrogens is 198 g/mol. The summed E-state index contributed by atoms with van der Waals surface area (Å²) in [5, 5.41) is 9.99. The molecule has 90 valence electrons. The van der Waals surface area contributed by atoms with E-state index >= 15 is 0 Å². The molecule has 0 saturated heterocycles. The third-order valence-electron chi connectivity index (χ3n) is 3.18. The van der Waals surface area contributed by atoms with Gasteiger partial charge in [-0.05, 0) is 23.8 Å². The molecule has 0 aromatic heterocycles. The first kappa shape index (κ1) is 13.2. The van der Waals surface area contributed by atoms with Crippen molar-refractivity contribution in [2.45, 2.75) is 45.3 Å². The average Bonchev–Trinajstić information content (AvgIpc) is 2.28. The van der Waals surface area contributed by atoms with Gasteiger partial charge < -0.3 is 10.8 Å². The van der Waals surface area contributed by atoms with Crippen molar-refractivity contribution in [3.8, 4) is 0 Å². The Morgan fingerprint density at radius 3 is 2.19 bits per heavy atom. The van der Waals surface area contributed by atoms with Crippen molar-refractivity contribution in [1.29, 1.82) is 0 Å². The molecule has 0 bridgehead atoms. The first-order chi connectivity index (χ1) is 7.52. The van der Waals surface area contributed by atoms with E-state index in [-0.39, 0.29) is 6.04 Å². The average molecular weight is 221 g/mol. The third-order valence-corrected chi connectivity index (χ3v) is 3.18. The summed E-state index contributed by atoms with van der Waals surface area (Å²) in [6.07, 6.45) is 0.304. The number of aliphatic hydroxyl groups excluding tert-OH is 1. The number of benzene rings is 1. The van der Waals surface area contributed by atoms with Crippen LogP contribution in [0, 0.1) is 5.92 Å². The van der Waals surface area contributed by atoms with Crippen LogP contribution in [0.1, 0.15) is 38.7 Å². The van der Waals surface area contributed by atoms with Crippen molar-refractivity contribution < 1.29 is 5.11 Å². The van der Waals surface area contributed by atoms with Gasteiger partial charge in [0.1, 0.15) is 0 Å². The molecule has 1 aromatic carbocycles. The maximum atomic E-state index is 9.99. The molecule has 3 N–H and O–H groups in total. The van der Waals surface area contributed by atoms with Crippen molar-refractivity contribution in [2.75, 3.05) is 0 Å². The molecule has 3 unspecified atom stereocenters. The van der Waals surface area contributed by atoms with Gasteiger partial charge in [-0.25, -0.2) is 0 Å². The standard InChI is InChI=1S/C14H23NO/c1-10(2)14(15)13(16)9-11(3)12-7-5-4-6-8-12/h4-8,10-11,13-14,16H,9,15H2,1-3H3. The zero-order chi connectivity index (χ0) is 12.1. The minimum atomic E-state index is -0.421. The van der Waals surface area contributed by atoms with Gasteiger partial charge in [0.15, 0.2) is 0 Å². The quantitative estimate of drug-likeness (QED) is 0.802. The fraction of sp³-hybridized carbons (Fsp3) is 0.571. The Kier molecular flexibility index (Phi) is 4.97. The molecule has 3 atom stereocenters. The van der Waals surface area contributed by atoms with Crippen molar-refractivity contribution in [3.63, 3.8) is 0 Å². The summed E-state index contributed by atoms with van der Waals surface area (Å²) in [5.74, 6) is 0.666. The Bertz CT molecular complexity index is 297. The number of rotatable bonds is 5. The zero-order valence-electron chi connectivity index (χ0n) is 10.4. The number of nitrogens with two attached hydrogens (primary N) is 1. The van der Waals surface area contributed by atoms with Gasteiger partial charge >= 0.3 is 0 Å². The van der Waals surface area contributed by atoms with Gasteiger partial charge in [-0.1, -0.05) is 51.1 Å². The van der Waals surface area contributed by atoms with Crippen LogP contribution in [0.25, 0.3) is 0 Å². The first-order valence-corrected chi connectivity index (χ1v) is 6.01. The minimum absolute atomic E-state index is 0.133. The first-order valence-electron chi connectivity index (χ1n) is 6.01. The molecule has 0 saturated carbocycles. The second kappa shape index (κ2) is 6.02. The molecule has 0 spiro atoms. The van der Waals surface area contributed by atoms with Crippen LogP contribution in [-0.4, -0.2) is 17.3 Å². The Hall–Kier alpha value is -0.860. The van der Waals surface area contributed by atoms with E-state index in [4.69, 9.17) is 5.73 Å². The molecular formula is C14H23NO. The third kappa shape index (κ3) is 3.62. The smallest absolute Gasteiger partial charge is 0.0699 e. The highest BCUT2D eigenvalue weighted by atomic mass is 16.3. The Labute approximate surface area is 98.5 Å². The van der Waals surface area contributed by atoms with E-state index in [1.165, 1.54) is 5.56 Å². The van der Waals surface area contributed by atoms with Crippen LogP contribution in [-0.2, 0) is 0 Å². The predicted octanol–water partition coefficient (Wildman–Crippen LogP) is 2.52. The summed E-state index contributed by atoms with van der Waals surface area (Å²) < 4.78 is 0. The lowest BCUT2D eigenvalue weighted by molar-refractivity contribution is 0.109. The maximum Gasteiger partial charge on any atom is 0.0699 e. The maximum absolute atomic E-state index is 9.99. The van der Waals surface area contributed by atoms with Crippen LogP contribution in [0.4, 0.5) is 0 Å². The van der Waals surface area contributed by atoms with Crippen molar-refractivity contribution in [3.05, 3.63) is 35.9 Å². The van der Waals surface area contributed by atoms with Gasteiger partial charge in [0.05, 0.1) is 6.10 Å². The summed E-state index contributed by atoms with van der Waals surface area (Å²) >= 11 is 0. The van der Waals surface area contributed by atoms with Gasteiger partial charge in [-0.3, -0.25) is 0 Å². The monoisotopic (exact) mass is 221 g/mol. The Morgan fingerprint density at radius 1 is 1.12 bits per heavy atom. The molecule has 0 radical (unpaired) electrons. The largest absolute Gasteiger partial charge is 0.391 e. The second-order valence-electron chi connectivity index (χ2n) is 4.94. The number of hydrogen-bond donors (Lipinski definition) is 2. The second-order valence-corrected chi connectivity index (χ2v) is 4.94. The van der Waals surface area contributed by atoms with E-state index in [2.05, 4.69) is 19.1 Å². The molecule has 0 heterocycles. The summed E-state index contributed by atoms with van der Waals surface area (Å²) in [4.78, 5) is 0. The van der Waals surface area contributed by atoms with Crippen LogP contribution in [0.15, 0.2) is 30.3 Å². The molecule has 0 fully saturated rings. The van der Waals surface area contributed by atoms with E-state index in [9.17, 15) is 5.11 Å². The van der Waals surface area contributed by atoms with Gasteiger partial charge in [-0.2, -0.15) is 0 Å². The van der Waals surface area contributed by atoms with Crippen molar-refractivity contribution in [2.24, 2.45) is 11.7 Å². The highest BCUT2D eigenvalue weighted by molar-refractivity contribution is 5.18. The topological polar surface area (TPSA) is 46.2 Å². The van der Waals surface area contributed by atoms with Gasteiger partial charge in [0.25, 0.3) is 0 Å². The highest BCUT2D eigenvalue weighted by Crippen LogP contribution is 2.22. The zero-order valence-corrected chi connectivity index (χ0v) is 10.4.